The Labute approximate surface area is 143 Å². The van der Waals surface area contributed by atoms with Crippen LogP contribution >= 0.6 is 0 Å². The number of benzene rings is 1. The molecule has 0 unspecified atom stereocenters. The molecule has 130 valence electrons. The van der Waals surface area contributed by atoms with Crippen molar-refractivity contribution < 1.29 is 9.53 Å². The summed E-state index contributed by atoms with van der Waals surface area (Å²) in [6.45, 7) is 7.28. The van der Waals surface area contributed by atoms with E-state index in [2.05, 4.69) is 29.6 Å². The highest BCUT2D eigenvalue weighted by Gasteiger charge is 2.10. The summed E-state index contributed by atoms with van der Waals surface area (Å²) in [6, 6.07) is 7.47. The van der Waals surface area contributed by atoms with E-state index in [4.69, 9.17) is 4.74 Å². The second-order valence-corrected chi connectivity index (χ2v) is 6.35. The maximum absolute atomic E-state index is 12.0. The van der Waals surface area contributed by atoms with Crippen molar-refractivity contribution in [3.63, 3.8) is 0 Å². The van der Waals surface area contributed by atoms with Gasteiger partial charge >= 0.3 is 6.03 Å². The fourth-order valence-electron chi connectivity index (χ4n) is 2.19. The van der Waals surface area contributed by atoms with Crippen molar-refractivity contribution >= 4 is 6.03 Å². The fraction of sp³-hybridized carbons (Fsp3) is 0.444. The van der Waals surface area contributed by atoms with Crippen molar-refractivity contribution in [3.05, 3.63) is 47.8 Å². The van der Waals surface area contributed by atoms with Crippen molar-refractivity contribution in [1.82, 2.24) is 20.4 Å². The summed E-state index contributed by atoms with van der Waals surface area (Å²) < 4.78 is 7.42. The number of carbonyl (C=O) groups excluding carboxylic acids is 1. The molecule has 2 amide bonds. The molecular weight excluding hydrogens is 304 g/mol. The van der Waals surface area contributed by atoms with Crippen LogP contribution in [-0.2, 0) is 13.6 Å². The average Bonchev–Trinajstić information content (AvgIpc) is 2.98. The lowest BCUT2D eigenvalue weighted by Gasteiger charge is -2.14. The molecule has 0 aliphatic carbocycles. The van der Waals surface area contributed by atoms with Crippen molar-refractivity contribution in [2.45, 2.75) is 33.4 Å². The van der Waals surface area contributed by atoms with Crippen LogP contribution in [0.15, 0.2) is 36.7 Å². The van der Waals surface area contributed by atoms with Crippen molar-refractivity contribution in [2.24, 2.45) is 13.0 Å². The first-order valence-corrected chi connectivity index (χ1v) is 8.18. The molecule has 6 heteroatoms. The number of nitrogens with one attached hydrogen (secondary N) is 2. The van der Waals surface area contributed by atoms with Gasteiger partial charge in [-0.2, -0.15) is 5.10 Å². The third-order valence-corrected chi connectivity index (χ3v) is 3.51. The second kappa shape index (κ2) is 8.38. The molecule has 0 saturated heterocycles. The molecule has 0 radical (unpaired) electrons. The summed E-state index contributed by atoms with van der Waals surface area (Å²) in [7, 11) is 1.85. The molecule has 1 atom stereocenters. The van der Waals surface area contributed by atoms with Crippen LogP contribution in [-0.4, -0.2) is 22.4 Å². The maximum Gasteiger partial charge on any atom is 0.315 e. The topological polar surface area (TPSA) is 68.2 Å². The van der Waals surface area contributed by atoms with E-state index in [1.54, 1.807) is 10.9 Å². The van der Waals surface area contributed by atoms with Crippen LogP contribution in [0.25, 0.3) is 0 Å². The van der Waals surface area contributed by atoms with Crippen LogP contribution in [0.2, 0.25) is 0 Å². The molecule has 0 aliphatic heterocycles. The van der Waals surface area contributed by atoms with Gasteiger partial charge in [-0.15, -0.1) is 0 Å². The molecular formula is C18H26N4O2. The quantitative estimate of drug-likeness (QED) is 0.820. The maximum atomic E-state index is 12.0. The van der Waals surface area contributed by atoms with Gasteiger partial charge in [-0.1, -0.05) is 26.0 Å². The third-order valence-electron chi connectivity index (χ3n) is 3.51. The number of ether oxygens (including phenoxy) is 1. The smallest absolute Gasteiger partial charge is 0.315 e. The monoisotopic (exact) mass is 330 g/mol. The average molecular weight is 330 g/mol. The lowest BCUT2D eigenvalue weighted by molar-refractivity contribution is 0.237. The van der Waals surface area contributed by atoms with Gasteiger partial charge in [-0.3, -0.25) is 4.68 Å². The number of hydrogen-bond acceptors (Lipinski definition) is 3. The minimum atomic E-state index is -0.208. The summed E-state index contributed by atoms with van der Waals surface area (Å²) in [5.74, 6) is 1.30. The molecule has 24 heavy (non-hydrogen) atoms. The highest BCUT2D eigenvalue weighted by Crippen LogP contribution is 2.14. The predicted molar refractivity (Wildman–Crippen MR) is 93.8 cm³/mol. The molecule has 0 fully saturated rings. The minimum absolute atomic E-state index is 0.0978. The number of hydrogen-bond donors (Lipinski definition) is 2. The zero-order valence-electron chi connectivity index (χ0n) is 14.7. The van der Waals surface area contributed by atoms with Gasteiger partial charge in [0.1, 0.15) is 5.75 Å². The Kier molecular flexibility index (Phi) is 6.23. The molecule has 2 rings (SSSR count). The number of aryl methyl sites for hydroxylation is 1. The SMILES string of the molecule is CC(C)COc1cccc(CNC(=O)N[C@H](C)c2cnn(C)c2)c1. The standard InChI is InChI=1S/C18H26N4O2/c1-13(2)12-24-17-7-5-6-15(8-17)9-19-18(23)21-14(3)16-10-20-22(4)11-16/h5-8,10-11,13-14H,9,12H2,1-4H3,(H2,19,21,23)/t14-/m1/s1. The lowest BCUT2D eigenvalue weighted by Crippen LogP contribution is -2.36. The first-order valence-electron chi connectivity index (χ1n) is 8.18. The summed E-state index contributed by atoms with van der Waals surface area (Å²) in [5, 5.41) is 9.87. The van der Waals surface area contributed by atoms with Crippen LogP contribution in [0, 0.1) is 5.92 Å². The zero-order valence-corrected chi connectivity index (χ0v) is 14.7. The number of aromatic nitrogens is 2. The van der Waals surface area contributed by atoms with E-state index in [9.17, 15) is 4.79 Å². The lowest BCUT2D eigenvalue weighted by atomic mass is 10.2. The molecule has 1 aromatic heterocycles. The molecule has 1 aromatic carbocycles. The van der Waals surface area contributed by atoms with E-state index in [0.717, 1.165) is 16.9 Å². The summed E-state index contributed by atoms with van der Waals surface area (Å²) in [5.41, 5.74) is 1.97. The summed E-state index contributed by atoms with van der Waals surface area (Å²) in [6.07, 6.45) is 3.64. The van der Waals surface area contributed by atoms with E-state index in [1.165, 1.54) is 0 Å². The van der Waals surface area contributed by atoms with E-state index >= 15 is 0 Å². The summed E-state index contributed by atoms with van der Waals surface area (Å²) >= 11 is 0. The van der Waals surface area contributed by atoms with Crippen molar-refractivity contribution in [2.75, 3.05) is 6.61 Å². The Morgan fingerprint density at radius 3 is 2.79 bits per heavy atom. The first kappa shape index (κ1) is 17.8. The van der Waals surface area contributed by atoms with Gasteiger partial charge in [0.25, 0.3) is 0 Å². The fourth-order valence-corrected chi connectivity index (χ4v) is 2.19. The third kappa shape index (κ3) is 5.61. The highest BCUT2D eigenvalue weighted by molar-refractivity contribution is 5.74. The van der Waals surface area contributed by atoms with Gasteiger partial charge in [0, 0.05) is 25.4 Å². The minimum Gasteiger partial charge on any atom is -0.493 e. The van der Waals surface area contributed by atoms with Crippen LogP contribution in [0.4, 0.5) is 4.79 Å². The highest BCUT2D eigenvalue weighted by atomic mass is 16.5. The van der Waals surface area contributed by atoms with Crippen LogP contribution in [0.3, 0.4) is 0 Å². The normalized spacial score (nSPS) is 12.0. The molecule has 0 bridgehead atoms. The van der Waals surface area contributed by atoms with Gasteiger partial charge in [0.15, 0.2) is 0 Å². The Hall–Kier alpha value is -2.50. The number of urea groups is 1. The van der Waals surface area contributed by atoms with Gasteiger partial charge in [-0.05, 0) is 30.5 Å². The van der Waals surface area contributed by atoms with E-state index in [1.807, 2.05) is 44.4 Å². The zero-order chi connectivity index (χ0) is 17.5. The van der Waals surface area contributed by atoms with Gasteiger partial charge in [0.05, 0.1) is 18.8 Å². The van der Waals surface area contributed by atoms with Crippen LogP contribution in [0.1, 0.15) is 37.9 Å². The molecule has 6 nitrogen and oxygen atoms in total. The number of nitrogens with zero attached hydrogens (tertiary/aromatic N) is 2. The number of carbonyl (C=O) groups is 1. The van der Waals surface area contributed by atoms with Crippen LogP contribution < -0.4 is 15.4 Å². The summed E-state index contributed by atoms with van der Waals surface area (Å²) in [4.78, 5) is 12.0. The molecule has 0 saturated carbocycles. The number of rotatable bonds is 7. The Bertz CT molecular complexity index is 667. The van der Waals surface area contributed by atoms with Crippen LogP contribution in [0.5, 0.6) is 5.75 Å². The van der Waals surface area contributed by atoms with Gasteiger partial charge in [0.2, 0.25) is 0 Å². The predicted octanol–water partition coefficient (Wildman–Crippen LogP) is 3.02. The molecule has 0 aliphatic rings. The largest absolute Gasteiger partial charge is 0.493 e. The molecule has 0 spiro atoms. The first-order chi connectivity index (χ1) is 11.4. The molecule has 1 heterocycles. The molecule has 2 aromatic rings. The molecule has 2 N–H and O–H groups in total. The van der Waals surface area contributed by atoms with Crippen molar-refractivity contribution in [3.8, 4) is 5.75 Å². The van der Waals surface area contributed by atoms with Crippen molar-refractivity contribution in [1.29, 1.82) is 0 Å². The van der Waals surface area contributed by atoms with Gasteiger partial charge in [-0.25, -0.2) is 4.79 Å². The Morgan fingerprint density at radius 1 is 1.33 bits per heavy atom. The van der Waals surface area contributed by atoms with E-state index in [-0.39, 0.29) is 12.1 Å². The number of amides is 2. The Balaban J connectivity index is 1.82. The second-order valence-electron chi connectivity index (χ2n) is 6.35. The van der Waals surface area contributed by atoms with E-state index < -0.39 is 0 Å². The van der Waals surface area contributed by atoms with Gasteiger partial charge < -0.3 is 15.4 Å². The van der Waals surface area contributed by atoms with E-state index in [0.29, 0.717) is 19.1 Å². The Morgan fingerprint density at radius 2 is 2.12 bits per heavy atom.